The smallest absolute Gasteiger partial charge is 0.357 e. The first-order valence-electron chi connectivity index (χ1n) is 10.5. The molecule has 0 aliphatic rings. The zero-order valence-corrected chi connectivity index (χ0v) is 19.6. The molecule has 33 heavy (non-hydrogen) atoms. The molecule has 0 saturated heterocycles. The van der Waals surface area contributed by atoms with Gasteiger partial charge in [0.25, 0.3) is 0 Å². The summed E-state index contributed by atoms with van der Waals surface area (Å²) in [7, 11) is 1.55. The Bertz CT molecular complexity index is 1500. The lowest BCUT2D eigenvalue weighted by Gasteiger charge is -2.13. The normalized spacial score (nSPS) is 12.0. The van der Waals surface area contributed by atoms with Crippen molar-refractivity contribution >= 4 is 39.2 Å². The number of methoxy groups -OCH3 is 1. The van der Waals surface area contributed by atoms with Crippen LogP contribution < -0.4 is 4.74 Å². The molecule has 2 aromatic carbocycles. The van der Waals surface area contributed by atoms with Gasteiger partial charge >= 0.3 is 5.97 Å². The number of ether oxygens (including phenoxy) is 1. The quantitative estimate of drug-likeness (QED) is 0.347. The van der Waals surface area contributed by atoms with Gasteiger partial charge in [0.2, 0.25) is 0 Å². The fourth-order valence-electron chi connectivity index (χ4n) is 3.76. The minimum Gasteiger partial charge on any atom is -0.497 e. The summed E-state index contributed by atoms with van der Waals surface area (Å²) in [5.74, 6) is 0.265. The van der Waals surface area contributed by atoms with Crippen LogP contribution in [-0.4, -0.2) is 33.0 Å². The third-order valence-corrected chi connectivity index (χ3v) is 6.41. The highest BCUT2D eigenvalue weighted by atomic mass is 32.1. The van der Waals surface area contributed by atoms with Crippen molar-refractivity contribution in [3.05, 3.63) is 64.8 Å². The average Bonchev–Trinajstić information content (AvgIpc) is 3.49. The Balaban J connectivity index is 1.50. The van der Waals surface area contributed by atoms with Gasteiger partial charge in [0.05, 0.1) is 24.9 Å². The maximum Gasteiger partial charge on any atom is 0.357 e. The zero-order valence-electron chi connectivity index (χ0n) is 18.7. The first-order chi connectivity index (χ1) is 15.7. The van der Waals surface area contributed by atoms with Crippen LogP contribution in [0.1, 0.15) is 42.5 Å². The third kappa shape index (κ3) is 3.87. The van der Waals surface area contributed by atoms with Gasteiger partial charge < -0.3 is 14.3 Å². The second-order valence-electron chi connectivity index (χ2n) is 8.97. The summed E-state index contributed by atoms with van der Waals surface area (Å²) in [6.07, 6.45) is 0. The van der Waals surface area contributed by atoms with E-state index in [0.29, 0.717) is 17.7 Å². The van der Waals surface area contributed by atoms with Crippen LogP contribution in [0.15, 0.2) is 52.3 Å². The highest BCUT2D eigenvalue weighted by Gasteiger charge is 2.20. The van der Waals surface area contributed by atoms with E-state index in [1.54, 1.807) is 35.3 Å². The highest BCUT2D eigenvalue weighted by Crippen LogP contribution is 2.34. The van der Waals surface area contributed by atoms with Gasteiger partial charge in [-0.05, 0) is 42.0 Å². The minimum atomic E-state index is -1.07. The molecule has 0 aliphatic carbocycles. The van der Waals surface area contributed by atoms with Gasteiger partial charge in [-0.1, -0.05) is 26.8 Å². The van der Waals surface area contributed by atoms with E-state index in [1.165, 1.54) is 0 Å². The van der Waals surface area contributed by atoms with Crippen molar-refractivity contribution < 1.29 is 19.1 Å². The van der Waals surface area contributed by atoms with E-state index in [2.05, 4.69) is 31.2 Å². The number of hydrogen-bond donors (Lipinski definition) is 1. The van der Waals surface area contributed by atoms with E-state index < -0.39 is 5.97 Å². The van der Waals surface area contributed by atoms with Gasteiger partial charge in [0.1, 0.15) is 11.3 Å². The fourth-order valence-corrected chi connectivity index (χ4v) is 4.76. The van der Waals surface area contributed by atoms with Gasteiger partial charge in [-0.3, -0.25) is 4.68 Å². The highest BCUT2D eigenvalue weighted by molar-refractivity contribution is 7.13. The average molecular weight is 462 g/mol. The van der Waals surface area contributed by atoms with Crippen LogP contribution in [0.2, 0.25) is 0 Å². The van der Waals surface area contributed by atoms with Crippen LogP contribution in [0.3, 0.4) is 0 Å². The van der Waals surface area contributed by atoms with E-state index in [4.69, 9.17) is 14.1 Å². The van der Waals surface area contributed by atoms with Gasteiger partial charge in [-0.15, -0.1) is 11.3 Å². The Hall–Kier alpha value is -3.65. The standard InChI is InChI=1S/C25H23N3O4S/c1-25(2,3)21-13-33-23(26-21)20-10-15-9-14(5-8-19(15)32-20)12-28-18-7-6-16(31-4)11-17(18)22(27-28)24(29)30/h5-11,13H,12H2,1-4H3,(H,29,30). The summed E-state index contributed by atoms with van der Waals surface area (Å²) in [5, 5.41) is 18.4. The Morgan fingerprint density at radius 1 is 1.18 bits per heavy atom. The summed E-state index contributed by atoms with van der Waals surface area (Å²) >= 11 is 1.58. The summed E-state index contributed by atoms with van der Waals surface area (Å²) in [4.78, 5) is 16.5. The Labute approximate surface area is 194 Å². The molecule has 0 radical (unpaired) electrons. The van der Waals surface area contributed by atoms with Gasteiger partial charge in [-0.2, -0.15) is 5.10 Å². The molecule has 0 fully saturated rings. The van der Waals surface area contributed by atoms with Crippen molar-refractivity contribution in [3.8, 4) is 16.5 Å². The van der Waals surface area contributed by atoms with Crippen molar-refractivity contribution in [2.45, 2.75) is 32.7 Å². The van der Waals surface area contributed by atoms with Crippen molar-refractivity contribution in [3.63, 3.8) is 0 Å². The molecule has 0 amide bonds. The number of carboxylic acid groups (broad SMARTS) is 1. The van der Waals surface area contributed by atoms with E-state index >= 15 is 0 Å². The van der Waals surface area contributed by atoms with Crippen molar-refractivity contribution in [1.29, 1.82) is 0 Å². The van der Waals surface area contributed by atoms with Crippen LogP contribution in [0.5, 0.6) is 5.75 Å². The molecular formula is C25H23N3O4S. The number of rotatable bonds is 5. The number of fused-ring (bicyclic) bond motifs is 2. The number of nitrogens with zero attached hydrogens (tertiary/aromatic N) is 3. The molecule has 5 rings (SSSR count). The molecule has 168 valence electrons. The topological polar surface area (TPSA) is 90.4 Å². The molecule has 0 aliphatic heterocycles. The van der Waals surface area contributed by atoms with Crippen LogP contribution in [-0.2, 0) is 12.0 Å². The summed E-state index contributed by atoms with van der Waals surface area (Å²) in [6.45, 7) is 6.85. The minimum absolute atomic E-state index is 0.00833. The number of thiazole rings is 1. The molecule has 0 bridgehead atoms. The molecule has 0 atom stereocenters. The largest absolute Gasteiger partial charge is 0.497 e. The van der Waals surface area contributed by atoms with Crippen LogP contribution in [0.25, 0.3) is 32.6 Å². The fraction of sp³-hybridized carbons (Fsp3) is 0.240. The number of carbonyl (C=O) groups is 1. The number of carboxylic acids is 1. The number of hydrogen-bond acceptors (Lipinski definition) is 6. The predicted octanol–water partition coefficient (Wildman–Crippen LogP) is 5.96. The monoisotopic (exact) mass is 461 g/mol. The van der Waals surface area contributed by atoms with Crippen molar-refractivity contribution in [2.24, 2.45) is 0 Å². The Kier molecular flexibility index (Phi) is 4.97. The molecule has 8 heteroatoms. The molecule has 0 saturated carbocycles. The first-order valence-corrected chi connectivity index (χ1v) is 11.4. The van der Waals surface area contributed by atoms with E-state index in [1.807, 2.05) is 30.3 Å². The molecule has 5 aromatic rings. The second kappa shape index (κ2) is 7.74. The van der Waals surface area contributed by atoms with Crippen LogP contribution >= 0.6 is 11.3 Å². The number of aromatic nitrogens is 3. The van der Waals surface area contributed by atoms with Gasteiger partial charge in [0, 0.05) is 21.6 Å². The third-order valence-electron chi connectivity index (χ3n) is 5.56. The number of aromatic carboxylic acids is 1. The molecule has 0 unspecified atom stereocenters. The maximum absolute atomic E-state index is 11.7. The van der Waals surface area contributed by atoms with Crippen molar-refractivity contribution in [2.75, 3.05) is 7.11 Å². The second-order valence-corrected chi connectivity index (χ2v) is 9.82. The molecule has 3 heterocycles. The first kappa shape index (κ1) is 21.2. The molecular weight excluding hydrogens is 438 g/mol. The van der Waals surface area contributed by atoms with E-state index in [9.17, 15) is 9.90 Å². The predicted molar refractivity (Wildman–Crippen MR) is 128 cm³/mol. The summed E-state index contributed by atoms with van der Waals surface area (Å²) in [5.41, 5.74) is 3.54. The molecule has 3 aromatic heterocycles. The SMILES string of the molecule is COc1ccc2c(c1)c(C(=O)O)nn2Cc1ccc2oc(-c3nc(C(C)(C)C)cs3)cc2c1. The molecule has 0 spiro atoms. The van der Waals surface area contributed by atoms with Crippen LogP contribution in [0, 0.1) is 0 Å². The lowest BCUT2D eigenvalue weighted by atomic mass is 9.93. The van der Waals surface area contributed by atoms with Gasteiger partial charge in [-0.25, -0.2) is 9.78 Å². The Morgan fingerprint density at radius 3 is 2.70 bits per heavy atom. The number of furan rings is 1. The van der Waals surface area contributed by atoms with Gasteiger partial charge in [0.15, 0.2) is 16.5 Å². The molecule has 1 N–H and O–H groups in total. The molecule has 7 nitrogen and oxygen atoms in total. The Morgan fingerprint density at radius 2 is 2.00 bits per heavy atom. The lowest BCUT2D eigenvalue weighted by molar-refractivity contribution is 0.0691. The van der Waals surface area contributed by atoms with Crippen LogP contribution in [0.4, 0.5) is 0 Å². The number of benzene rings is 2. The maximum atomic E-state index is 11.7. The van der Waals surface area contributed by atoms with Crippen molar-refractivity contribution in [1.82, 2.24) is 14.8 Å². The summed E-state index contributed by atoms with van der Waals surface area (Å²) in [6, 6.07) is 13.3. The lowest BCUT2D eigenvalue weighted by Crippen LogP contribution is -2.11. The van der Waals surface area contributed by atoms with E-state index in [-0.39, 0.29) is 11.1 Å². The zero-order chi connectivity index (χ0) is 23.3. The summed E-state index contributed by atoms with van der Waals surface area (Å²) < 4.78 is 13.0. The van der Waals surface area contributed by atoms with E-state index in [0.717, 1.165) is 38.5 Å².